The van der Waals surface area contributed by atoms with Gasteiger partial charge in [-0.05, 0) is 44.0 Å². The molecule has 0 bridgehead atoms. The number of halogens is 1. The monoisotopic (exact) mass is 394 g/mol. The smallest absolute Gasteiger partial charge is 0.307 e. The van der Waals surface area contributed by atoms with Crippen LogP contribution in [0.4, 0.5) is 0 Å². The molecular weight excluding hydrogens is 372 g/mol. The molecule has 0 aromatic heterocycles. The molecule has 7 heteroatoms. The van der Waals surface area contributed by atoms with E-state index in [4.69, 9.17) is 16.3 Å². The number of hydrogen-bond acceptors (Lipinski definition) is 5. The lowest BCUT2D eigenvalue weighted by Crippen LogP contribution is -2.52. The number of nitrogens with one attached hydrogen (secondary N) is 1. The third-order valence-electron chi connectivity index (χ3n) is 4.35. The van der Waals surface area contributed by atoms with E-state index >= 15 is 0 Å². The van der Waals surface area contributed by atoms with Crippen LogP contribution in [0.1, 0.15) is 45.4 Å². The molecule has 1 amide bonds. The highest BCUT2D eigenvalue weighted by molar-refractivity contribution is 7.99. The number of amides is 1. The van der Waals surface area contributed by atoms with Gasteiger partial charge in [0.25, 0.3) is 5.91 Å². The van der Waals surface area contributed by atoms with Crippen LogP contribution in [0.5, 0.6) is 0 Å². The Bertz CT molecular complexity index is 666. The molecule has 140 valence electrons. The van der Waals surface area contributed by atoms with Gasteiger partial charge in [0.15, 0.2) is 6.10 Å². The Kier molecular flexibility index (Phi) is 7.80. The van der Waals surface area contributed by atoms with Crippen LogP contribution >= 0.6 is 23.4 Å². The summed E-state index contributed by atoms with van der Waals surface area (Å²) in [7, 11) is 0. The summed E-state index contributed by atoms with van der Waals surface area (Å²) in [4.78, 5) is 25.2. The van der Waals surface area contributed by atoms with Crippen LogP contribution in [0.2, 0.25) is 5.02 Å². The number of rotatable bonds is 7. The number of nitriles is 1. The average molecular weight is 395 g/mol. The predicted octanol–water partition coefficient (Wildman–Crippen LogP) is 4.10. The van der Waals surface area contributed by atoms with E-state index in [0.29, 0.717) is 23.6 Å². The molecule has 1 aromatic rings. The fourth-order valence-corrected chi connectivity index (χ4v) is 3.81. The lowest BCUT2D eigenvalue weighted by atomic mass is 9.83. The highest BCUT2D eigenvalue weighted by atomic mass is 35.5. The van der Waals surface area contributed by atoms with Crippen LogP contribution in [-0.2, 0) is 14.3 Å². The highest BCUT2D eigenvalue weighted by Crippen LogP contribution is 2.27. The molecule has 0 heterocycles. The zero-order chi connectivity index (χ0) is 19.0. The van der Waals surface area contributed by atoms with Gasteiger partial charge in [-0.3, -0.25) is 9.59 Å². The van der Waals surface area contributed by atoms with Crippen LogP contribution in [0, 0.1) is 11.3 Å². The number of hydrogen-bond donors (Lipinski definition) is 1. The zero-order valence-corrected chi connectivity index (χ0v) is 16.4. The van der Waals surface area contributed by atoms with E-state index < -0.39 is 23.5 Å². The van der Waals surface area contributed by atoms with E-state index in [1.807, 2.05) is 12.1 Å². The summed E-state index contributed by atoms with van der Waals surface area (Å²) in [5.41, 5.74) is -0.819. The summed E-state index contributed by atoms with van der Waals surface area (Å²) in [6.45, 7) is 1.54. The van der Waals surface area contributed by atoms with E-state index in [-0.39, 0.29) is 6.42 Å². The van der Waals surface area contributed by atoms with Crippen LogP contribution in [0.25, 0.3) is 0 Å². The zero-order valence-electron chi connectivity index (χ0n) is 14.8. The molecule has 1 saturated carbocycles. The molecule has 1 atom stereocenters. The third kappa shape index (κ3) is 6.22. The Balaban J connectivity index is 1.74. The molecule has 2 rings (SSSR count). The van der Waals surface area contributed by atoms with Crippen molar-refractivity contribution in [1.29, 1.82) is 5.26 Å². The van der Waals surface area contributed by atoms with Crippen LogP contribution < -0.4 is 5.32 Å². The Hall–Kier alpha value is -1.71. The molecule has 1 aromatic carbocycles. The fraction of sp³-hybridized carbons (Fsp3) is 0.526. The average Bonchev–Trinajstić information content (AvgIpc) is 2.64. The number of carbonyl (C=O) groups is 2. The van der Waals surface area contributed by atoms with Crippen molar-refractivity contribution in [2.24, 2.45) is 0 Å². The maximum absolute atomic E-state index is 12.3. The Morgan fingerprint density at radius 3 is 2.58 bits per heavy atom. The van der Waals surface area contributed by atoms with Crippen molar-refractivity contribution >= 4 is 35.2 Å². The second kappa shape index (κ2) is 9.84. The quantitative estimate of drug-likeness (QED) is 0.556. The van der Waals surface area contributed by atoms with Gasteiger partial charge in [0.1, 0.15) is 5.54 Å². The van der Waals surface area contributed by atoms with Crippen LogP contribution in [-0.4, -0.2) is 29.3 Å². The highest BCUT2D eigenvalue weighted by Gasteiger charge is 2.35. The van der Waals surface area contributed by atoms with E-state index in [1.165, 1.54) is 18.7 Å². The first-order valence-corrected chi connectivity index (χ1v) is 10.1. The molecule has 0 saturated heterocycles. The molecule has 0 aliphatic heterocycles. The molecule has 1 N–H and O–H groups in total. The third-order valence-corrected chi connectivity index (χ3v) is 5.62. The minimum Gasteiger partial charge on any atom is -0.453 e. The number of benzene rings is 1. The van der Waals surface area contributed by atoms with Gasteiger partial charge >= 0.3 is 5.97 Å². The van der Waals surface area contributed by atoms with Gasteiger partial charge in [0.2, 0.25) is 0 Å². The van der Waals surface area contributed by atoms with Crippen molar-refractivity contribution < 1.29 is 14.3 Å². The summed E-state index contributed by atoms with van der Waals surface area (Å²) in [5.74, 6) is -0.285. The van der Waals surface area contributed by atoms with E-state index in [1.54, 1.807) is 12.1 Å². The number of carbonyl (C=O) groups excluding carboxylic acids is 2. The van der Waals surface area contributed by atoms with Crippen molar-refractivity contribution in [3.05, 3.63) is 29.3 Å². The Labute approximate surface area is 163 Å². The molecule has 26 heavy (non-hydrogen) atoms. The largest absolute Gasteiger partial charge is 0.453 e. The van der Waals surface area contributed by atoms with Gasteiger partial charge in [-0.2, -0.15) is 5.26 Å². The van der Waals surface area contributed by atoms with Gasteiger partial charge in [-0.1, -0.05) is 30.9 Å². The molecule has 0 unspecified atom stereocenters. The number of ether oxygens (including phenoxy) is 1. The molecule has 0 spiro atoms. The van der Waals surface area contributed by atoms with Crippen molar-refractivity contribution in [1.82, 2.24) is 5.32 Å². The first-order valence-electron chi connectivity index (χ1n) is 8.75. The SMILES string of the molecule is C[C@H](OC(=O)CCSc1ccc(Cl)cc1)C(=O)NC1(C#N)CCCCC1. The lowest BCUT2D eigenvalue weighted by molar-refractivity contribution is -0.155. The van der Waals surface area contributed by atoms with Crippen LogP contribution in [0.15, 0.2) is 29.2 Å². The summed E-state index contributed by atoms with van der Waals surface area (Å²) >= 11 is 7.35. The molecule has 1 aliphatic carbocycles. The normalized spacial score (nSPS) is 17.0. The van der Waals surface area contributed by atoms with E-state index in [0.717, 1.165) is 24.2 Å². The topological polar surface area (TPSA) is 79.2 Å². The first-order chi connectivity index (χ1) is 12.4. The summed E-state index contributed by atoms with van der Waals surface area (Å²) in [6.07, 6.45) is 3.51. The van der Waals surface area contributed by atoms with Crippen molar-refractivity contribution in [3.63, 3.8) is 0 Å². The fourth-order valence-electron chi connectivity index (χ4n) is 2.85. The maximum atomic E-state index is 12.3. The number of thioether (sulfide) groups is 1. The minimum absolute atomic E-state index is 0.203. The lowest BCUT2D eigenvalue weighted by Gasteiger charge is -2.32. The van der Waals surface area contributed by atoms with Crippen molar-refractivity contribution in [2.45, 2.75) is 62.0 Å². The summed E-state index contributed by atoms with van der Waals surface area (Å²) in [6, 6.07) is 9.60. The summed E-state index contributed by atoms with van der Waals surface area (Å²) in [5, 5.41) is 12.9. The Morgan fingerprint density at radius 2 is 1.96 bits per heavy atom. The van der Waals surface area contributed by atoms with Gasteiger partial charge in [-0.15, -0.1) is 11.8 Å². The van der Waals surface area contributed by atoms with E-state index in [2.05, 4.69) is 11.4 Å². The molecule has 1 fully saturated rings. The second-order valence-electron chi connectivity index (χ2n) is 6.43. The second-order valence-corrected chi connectivity index (χ2v) is 8.03. The predicted molar refractivity (Wildman–Crippen MR) is 102 cm³/mol. The molecule has 5 nitrogen and oxygen atoms in total. The molecule has 1 aliphatic rings. The number of nitrogens with zero attached hydrogens (tertiary/aromatic N) is 1. The molecular formula is C19H23ClN2O3S. The standard InChI is InChI=1S/C19H23ClN2O3S/c1-14(18(24)22-19(13-21)10-3-2-4-11-19)25-17(23)9-12-26-16-7-5-15(20)6-8-16/h5-8,14H,2-4,9-12H2,1H3,(H,22,24)/t14-/m0/s1. The van der Waals surface area contributed by atoms with Crippen molar-refractivity contribution in [3.8, 4) is 6.07 Å². The van der Waals surface area contributed by atoms with Gasteiger partial charge < -0.3 is 10.1 Å². The Morgan fingerprint density at radius 1 is 1.31 bits per heavy atom. The maximum Gasteiger partial charge on any atom is 0.307 e. The van der Waals surface area contributed by atoms with Crippen LogP contribution in [0.3, 0.4) is 0 Å². The van der Waals surface area contributed by atoms with Gasteiger partial charge in [-0.25, -0.2) is 0 Å². The molecule has 0 radical (unpaired) electrons. The minimum atomic E-state index is -0.907. The van der Waals surface area contributed by atoms with E-state index in [9.17, 15) is 14.9 Å². The van der Waals surface area contributed by atoms with Gasteiger partial charge in [0, 0.05) is 15.7 Å². The summed E-state index contributed by atoms with van der Waals surface area (Å²) < 4.78 is 5.21. The van der Waals surface area contributed by atoms with Gasteiger partial charge in [0.05, 0.1) is 12.5 Å². The number of esters is 1. The first kappa shape index (κ1) is 20.6. The van der Waals surface area contributed by atoms with Crippen molar-refractivity contribution in [2.75, 3.05) is 5.75 Å².